The van der Waals surface area contributed by atoms with Crippen LogP contribution in [0.5, 0.6) is 0 Å². The lowest BCUT2D eigenvalue weighted by Crippen LogP contribution is -2.33. The first kappa shape index (κ1) is 35.0. The first-order valence-electron chi connectivity index (χ1n) is 22.2. The molecule has 0 spiro atoms. The topological polar surface area (TPSA) is 64.1 Å². The number of furan rings is 3. The van der Waals surface area contributed by atoms with Crippen molar-refractivity contribution < 1.29 is 13.3 Å². The van der Waals surface area contributed by atoms with Crippen molar-refractivity contribution in [3.05, 3.63) is 237 Å². The summed E-state index contributed by atoms with van der Waals surface area (Å²) in [6.07, 6.45) is 4.83. The fourth-order valence-electron chi connectivity index (χ4n) is 11.0. The SMILES string of the molecule is C1=C2C(=Nc3ccccc32)c2oc3c(c2C1c1ccc(-c2cccc4c2oc2ccccc24)cc1)=CC(c1ccc(-c2cccc4c2oc2ccccc24)cc1)C1=c2ccccc2=NC=31. The lowest BCUT2D eigenvalue weighted by Gasteiger charge is -2.23. The first-order chi connectivity index (χ1) is 32.2. The molecule has 0 bridgehead atoms. The molecule has 0 amide bonds. The fourth-order valence-corrected chi connectivity index (χ4v) is 11.0. The summed E-state index contributed by atoms with van der Waals surface area (Å²) >= 11 is 0. The van der Waals surface area contributed by atoms with Gasteiger partial charge in [0.2, 0.25) is 0 Å². The lowest BCUT2D eigenvalue weighted by atomic mass is 9.78. The van der Waals surface area contributed by atoms with Gasteiger partial charge in [-0.1, -0.05) is 170 Å². The smallest absolute Gasteiger partial charge is 0.160 e. The standard InChI is InChI=1S/C60H34N2O3/c1-5-19-49-39(11-1)47-31-46(36-29-25-34(26-30-36)38-16-10-18-43-41-13-4-8-22-52(41)64-58(38)43)54-48-32-45(53-44-14-2-6-20-50(44)62-56(53)59(48)65-60(54)55(47)61-49)35-27-23-33(24-28-35)37-15-9-17-42-40-12-3-7-21-51(40)63-57(37)42/h1-32,45-46H. The van der Waals surface area contributed by atoms with Gasteiger partial charge in [-0.2, -0.15) is 0 Å². The number of hydrogen-bond donors (Lipinski definition) is 0. The van der Waals surface area contributed by atoms with Crippen LogP contribution in [0.2, 0.25) is 0 Å². The fraction of sp³-hybridized carbons (Fsp3) is 0.0333. The van der Waals surface area contributed by atoms with Crippen LogP contribution in [0, 0.1) is 0 Å². The highest BCUT2D eigenvalue weighted by molar-refractivity contribution is 6.36. The van der Waals surface area contributed by atoms with Gasteiger partial charge in [0.05, 0.1) is 11.0 Å². The first-order valence-corrected chi connectivity index (χ1v) is 22.2. The molecule has 8 aromatic carbocycles. The molecule has 4 aliphatic rings. The van der Waals surface area contributed by atoms with Crippen LogP contribution >= 0.6 is 0 Å². The largest absolute Gasteiger partial charge is 0.455 e. The predicted molar refractivity (Wildman–Crippen MR) is 260 cm³/mol. The van der Waals surface area contributed by atoms with E-state index in [0.717, 1.165) is 132 Å². The van der Waals surface area contributed by atoms with E-state index in [9.17, 15) is 0 Å². The highest BCUT2D eigenvalue weighted by Gasteiger charge is 2.38. The van der Waals surface area contributed by atoms with Gasteiger partial charge in [0, 0.05) is 77.2 Å². The predicted octanol–water partition coefficient (Wildman–Crippen LogP) is 12.2. The van der Waals surface area contributed by atoms with Gasteiger partial charge >= 0.3 is 0 Å². The maximum Gasteiger partial charge on any atom is 0.160 e. The molecule has 0 radical (unpaired) electrons. The summed E-state index contributed by atoms with van der Waals surface area (Å²) in [6.45, 7) is 0. The van der Waals surface area contributed by atoms with Crippen molar-refractivity contribution in [2.24, 2.45) is 9.98 Å². The Kier molecular flexibility index (Phi) is 7.00. The summed E-state index contributed by atoms with van der Waals surface area (Å²) in [6, 6.07) is 64.3. The van der Waals surface area contributed by atoms with E-state index in [2.05, 4.69) is 170 Å². The average molecular weight is 831 g/mol. The van der Waals surface area contributed by atoms with Crippen LogP contribution in [-0.4, -0.2) is 5.71 Å². The van der Waals surface area contributed by atoms with E-state index in [4.69, 9.17) is 23.2 Å². The van der Waals surface area contributed by atoms with Gasteiger partial charge in [-0.3, -0.25) is 0 Å². The number of benzene rings is 8. The lowest BCUT2D eigenvalue weighted by molar-refractivity contribution is 0.517. The minimum Gasteiger partial charge on any atom is -0.455 e. The van der Waals surface area contributed by atoms with E-state index in [0.29, 0.717) is 0 Å². The molecule has 0 saturated carbocycles. The highest BCUT2D eigenvalue weighted by Crippen LogP contribution is 2.46. The average Bonchev–Trinajstić information content (AvgIpc) is 4.20. The molecular weight excluding hydrogens is 797 g/mol. The number of rotatable bonds is 4. The molecule has 0 fully saturated rings. The van der Waals surface area contributed by atoms with Crippen LogP contribution in [0.15, 0.2) is 211 Å². The summed E-state index contributed by atoms with van der Waals surface area (Å²) in [5.74, 6) is 0.625. The maximum atomic E-state index is 7.19. The molecule has 0 N–H and O–H groups in total. The Hall–Kier alpha value is -8.54. The highest BCUT2D eigenvalue weighted by atomic mass is 16.3. The van der Waals surface area contributed by atoms with Crippen LogP contribution < -0.4 is 21.2 Å². The Morgan fingerprint density at radius 3 is 1.69 bits per heavy atom. The van der Waals surface area contributed by atoms with Crippen LogP contribution in [0.4, 0.5) is 5.69 Å². The number of fused-ring (bicyclic) bond motifs is 15. The molecule has 3 aromatic heterocycles. The van der Waals surface area contributed by atoms with Crippen LogP contribution in [0.3, 0.4) is 0 Å². The third-order valence-corrected chi connectivity index (χ3v) is 14.0. The van der Waals surface area contributed by atoms with E-state index in [-0.39, 0.29) is 11.8 Å². The second kappa shape index (κ2) is 13.0. The number of aliphatic imine (C=N–C) groups is 1. The van der Waals surface area contributed by atoms with Gasteiger partial charge < -0.3 is 13.3 Å². The normalized spacial score (nSPS) is 16.7. The van der Waals surface area contributed by atoms with Gasteiger partial charge in [-0.25, -0.2) is 9.98 Å². The zero-order valence-corrected chi connectivity index (χ0v) is 34.7. The van der Waals surface area contributed by atoms with Crippen molar-refractivity contribution in [2.75, 3.05) is 0 Å². The summed E-state index contributed by atoms with van der Waals surface area (Å²) in [4.78, 5) is 10.6. The second-order valence-electron chi connectivity index (χ2n) is 17.5. The van der Waals surface area contributed by atoms with Gasteiger partial charge in [0.1, 0.15) is 33.7 Å². The van der Waals surface area contributed by atoms with Crippen molar-refractivity contribution in [3.8, 4) is 22.3 Å². The van der Waals surface area contributed by atoms with Crippen molar-refractivity contribution in [2.45, 2.75) is 11.8 Å². The molecule has 15 rings (SSSR count). The molecule has 302 valence electrons. The van der Waals surface area contributed by atoms with Gasteiger partial charge in [-0.05, 0) is 46.5 Å². The zero-order valence-electron chi connectivity index (χ0n) is 34.7. The van der Waals surface area contributed by atoms with Crippen molar-refractivity contribution in [3.63, 3.8) is 0 Å². The van der Waals surface area contributed by atoms with E-state index in [1.54, 1.807) is 0 Å². The minimum absolute atomic E-state index is 0.0805. The molecule has 2 aliphatic heterocycles. The number of para-hydroxylation sites is 6. The Balaban J connectivity index is 0.915. The summed E-state index contributed by atoms with van der Waals surface area (Å²) < 4.78 is 20.1. The number of allylic oxidation sites excluding steroid dienone is 2. The number of hydrogen-bond acceptors (Lipinski definition) is 5. The van der Waals surface area contributed by atoms with Crippen molar-refractivity contribution in [1.82, 2.24) is 0 Å². The van der Waals surface area contributed by atoms with E-state index in [1.807, 2.05) is 24.3 Å². The molecule has 2 unspecified atom stereocenters. The third-order valence-electron chi connectivity index (χ3n) is 14.0. The molecular formula is C60H34N2O3. The second-order valence-corrected chi connectivity index (χ2v) is 17.5. The molecule has 2 atom stereocenters. The Morgan fingerprint density at radius 2 is 1.00 bits per heavy atom. The summed E-state index contributed by atoms with van der Waals surface area (Å²) in [7, 11) is 0. The molecule has 65 heavy (non-hydrogen) atoms. The van der Waals surface area contributed by atoms with Crippen molar-refractivity contribution in [1.29, 1.82) is 0 Å². The Morgan fingerprint density at radius 1 is 0.431 bits per heavy atom. The summed E-state index contributed by atoms with van der Waals surface area (Å²) in [5.41, 5.74) is 18.4. The molecule has 5 nitrogen and oxygen atoms in total. The van der Waals surface area contributed by atoms with E-state index >= 15 is 0 Å². The molecule has 5 heterocycles. The molecule has 2 aliphatic carbocycles. The van der Waals surface area contributed by atoms with Gasteiger partial charge in [0.25, 0.3) is 0 Å². The molecule has 11 aromatic rings. The van der Waals surface area contributed by atoms with Gasteiger partial charge in [0.15, 0.2) is 11.2 Å². The number of nitrogens with zero attached hydrogens (tertiary/aromatic N) is 2. The quantitative estimate of drug-likeness (QED) is 0.177. The monoisotopic (exact) mass is 830 g/mol. The third kappa shape index (κ3) is 4.92. The Labute approximate surface area is 371 Å². The van der Waals surface area contributed by atoms with Crippen LogP contribution in [0.1, 0.15) is 39.8 Å². The van der Waals surface area contributed by atoms with Crippen LogP contribution in [-0.2, 0) is 0 Å². The summed E-state index contributed by atoms with van der Waals surface area (Å²) in [5, 5.41) is 7.67. The zero-order chi connectivity index (χ0) is 42.3. The van der Waals surface area contributed by atoms with Crippen LogP contribution in [0.25, 0.3) is 89.1 Å². The minimum atomic E-state index is -0.108. The van der Waals surface area contributed by atoms with E-state index in [1.165, 1.54) is 11.1 Å². The maximum absolute atomic E-state index is 7.19. The molecule has 0 saturated heterocycles. The molecule has 5 heteroatoms. The van der Waals surface area contributed by atoms with E-state index < -0.39 is 0 Å². The van der Waals surface area contributed by atoms with Gasteiger partial charge in [-0.15, -0.1) is 0 Å². The van der Waals surface area contributed by atoms with Crippen molar-refractivity contribution >= 4 is 78.2 Å². The Bertz CT molecular complexity index is 4230.